The first-order chi connectivity index (χ1) is 12.8. The summed E-state index contributed by atoms with van der Waals surface area (Å²) in [5.41, 5.74) is 1.50. The van der Waals surface area contributed by atoms with E-state index in [4.69, 9.17) is 9.47 Å². The van der Waals surface area contributed by atoms with Crippen LogP contribution in [0.1, 0.15) is 30.9 Å². The highest BCUT2D eigenvalue weighted by atomic mass is 32.2. The summed E-state index contributed by atoms with van der Waals surface area (Å²) in [4.78, 5) is 12.3. The molecule has 0 radical (unpaired) electrons. The highest BCUT2D eigenvalue weighted by molar-refractivity contribution is 7.92. The highest BCUT2D eigenvalue weighted by Gasteiger charge is 2.52. The number of carbonyl (C=O) groups is 1. The van der Waals surface area contributed by atoms with Crippen molar-refractivity contribution in [3.8, 4) is 5.75 Å². The highest BCUT2D eigenvalue weighted by Crippen LogP contribution is 2.49. The second-order valence-electron chi connectivity index (χ2n) is 6.64. The van der Waals surface area contributed by atoms with Gasteiger partial charge in [0.1, 0.15) is 10.6 Å². The van der Waals surface area contributed by atoms with Crippen LogP contribution in [-0.2, 0) is 25.0 Å². The van der Waals surface area contributed by atoms with Gasteiger partial charge in [0.25, 0.3) is 10.0 Å². The van der Waals surface area contributed by atoms with E-state index in [1.165, 1.54) is 7.11 Å². The summed E-state index contributed by atoms with van der Waals surface area (Å²) in [7, 11) is -2.37. The van der Waals surface area contributed by atoms with Gasteiger partial charge in [-0.15, -0.1) is 0 Å². The molecule has 1 aliphatic carbocycles. The summed E-state index contributed by atoms with van der Waals surface area (Å²) in [5, 5.41) is 0. The summed E-state index contributed by atoms with van der Waals surface area (Å²) in [6.07, 6.45) is 1.49. The lowest BCUT2D eigenvalue weighted by Crippen LogP contribution is -2.23. The van der Waals surface area contributed by atoms with Crippen LogP contribution in [0.3, 0.4) is 0 Å². The standard InChI is InChI=1S/C20H23NO5S/c1-4-26-19(22)20(11-12-20)15-6-8-16(9-7-15)21-27(23,24)18-13-14(2)5-10-17(18)25-3/h5-10,13,21H,4,11-12H2,1-3H3. The summed E-state index contributed by atoms with van der Waals surface area (Å²) in [5.74, 6) is 0.0618. The van der Waals surface area contributed by atoms with Crippen molar-refractivity contribution in [3.63, 3.8) is 0 Å². The Morgan fingerprint density at radius 3 is 2.37 bits per heavy atom. The molecule has 7 heteroatoms. The minimum Gasteiger partial charge on any atom is -0.495 e. The van der Waals surface area contributed by atoms with Crippen LogP contribution in [-0.4, -0.2) is 28.1 Å². The van der Waals surface area contributed by atoms with Crippen LogP contribution < -0.4 is 9.46 Å². The number of hydrogen-bond donors (Lipinski definition) is 1. The van der Waals surface area contributed by atoms with E-state index in [2.05, 4.69) is 4.72 Å². The van der Waals surface area contributed by atoms with Crippen LogP contribution in [0.5, 0.6) is 5.75 Å². The van der Waals surface area contributed by atoms with Crippen molar-refractivity contribution >= 4 is 21.7 Å². The molecule has 0 bridgehead atoms. The molecule has 0 spiro atoms. The van der Waals surface area contributed by atoms with Crippen molar-refractivity contribution in [1.29, 1.82) is 0 Å². The zero-order valence-corrected chi connectivity index (χ0v) is 16.4. The number of ether oxygens (including phenoxy) is 2. The Kier molecular flexibility index (Phi) is 5.15. The van der Waals surface area contributed by atoms with Crippen molar-refractivity contribution in [2.75, 3.05) is 18.4 Å². The lowest BCUT2D eigenvalue weighted by atomic mass is 9.96. The fourth-order valence-electron chi connectivity index (χ4n) is 3.07. The molecule has 0 amide bonds. The van der Waals surface area contributed by atoms with Crippen LogP contribution in [0.15, 0.2) is 47.4 Å². The van der Waals surface area contributed by atoms with Crippen molar-refractivity contribution < 1.29 is 22.7 Å². The summed E-state index contributed by atoms with van der Waals surface area (Å²) < 4.78 is 38.4. The normalized spacial score (nSPS) is 15.1. The Hall–Kier alpha value is -2.54. The third kappa shape index (κ3) is 3.78. The zero-order chi connectivity index (χ0) is 19.7. The van der Waals surface area contributed by atoms with Gasteiger partial charge in [-0.1, -0.05) is 18.2 Å². The summed E-state index contributed by atoms with van der Waals surface area (Å²) in [6, 6.07) is 11.9. The maximum absolute atomic E-state index is 12.8. The third-order valence-electron chi connectivity index (χ3n) is 4.71. The number of benzene rings is 2. The first kappa shape index (κ1) is 19.2. The molecule has 2 aromatic rings. The number of hydrogen-bond acceptors (Lipinski definition) is 5. The number of anilines is 1. The molecule has 0 aromatic heterocycles. The Morgan fingerprint density at radius 2 is 1.81 bits per heavy atom. The van der Waals surface area contributed by atoms with Crippen molar-refractivity contribution in [1.82, 2.24) is 0 Å². The Labute approximate surface area is 159 Å². The largest absolute Gasteiger partial charge is 0.495 e. The molecule has 0 unspecified atom stereocenters. The second-order valence-corrected chi connectivity index (χ2v) is 8.29. The van der Waals surface area contributed by atoms with Crippen LogP contribution in [0.4, 0.5) is 5.69 Å². The van der Waals surface area contributed by atoms with Gasteiger partial charge in [-0.05, 0) is 62.1 Å². The minimum atomic E-state index is -3.80. The lowest BCUT2D eigenvalue weighted by Gasteiger charge is -2.16. The van der Waals surface area contributed by atoms with E-state index in [9.17, 15) is 13.2 Å². The predicted octanol–water partition coefficient (Wildman–Crippen LogP) is 3.40. The van der Waals surface area contributed by atoms with E-state index < -0.39 is 15.4 Å². The Balaban J connectivity index is 1.83. The predicted molar refractivity (Wildman–Crippen MR) is 103 cm³/mol. The quantitative estimate of drug-likeness (QED) is 0.734. The van der Waals surface area contributed by atoms with Crippen molar-refractivity contribution in [2.45, 2.75) is 37.0 Å². The number of rotatable bonds is 7. The van der Waals surface area contributed by atoms with Crippen molar-refractivity contribution in [2.24, 2.45) is 0 Å². The smallest absolute Gasteiger partial charge is 0.316 e. The molecule has 0 heterocycles. The van der Waals surface area contributed by atoms with Gasteiger partial charge in [-0.25, -0.2) is 8.42 Å². The van der Waals surface area contributed by atoms with Gasteiger partial charge in [-0.3, -0.25) is 9.52 Å². The van der Waals surface area contributed by atoms with E-state index >= 15 is 0 Å². The molecule has 27 heavy (non-hydrogen) atoms. The molecule has 0 saturated heterocycles. The molecule has 2 aromatic carbocycles. The van der Waals surface area contributed by atoms with E-state index in [-0.39, 0.29) is 16.6 Å². The first-order valence-electron chi connectivity index (χ1n) is 8.77. The fraction of sp³-hybridized carbons (Fsp3) is 0.350. The molecule has 0 aliphatic heterocycles. The van der Waals surface area contributed by atoms with Gasteiger partial charge in [-0.2, -0.15) is 0 Å². The van der Waals surface area contributed by atoms with Gasteiger partial charge in [0.05, 0.1) is 19.1 Å². The Bertz CT molecular complexity index is 947. The number of sulfonamides is 1. The molecule has 144 valence electrons. The maximum atomic E-state index is 12.8. The molecule has 6 nitrogen and oxygen atoms in total. The molecular formula is C20H23NO5S. The van der Waals surface area contributed by atoms with Gasteiger partial charge >= 0.3 is 5.97 Å². The lowest BCUT2D eigenvalue weighted by molar-refractivity contribution is -0.146. The molecule has 1 N–H and O–H groups in total. The number of aryl methyl sites for hydroxylation is 1. The molecule has 0 atom stereocenters. The zero-order valence-electron chi connectivity index (χ0n) is 15.6. The molecule has 1 fully saturated rings. The molecule has 1 aliphatic rings. The van der Waals surface area contributed by atoms with Gasteiger partial charge in [0, 0.05) is 5.69 Å². The molecular weight excluding hydrogens is 366 g/mol. The van der Waals surface area contributed by atoms with Gasteiger partial charge < -0.3 is 9.47 Å². The molecule has 3 rings (SSSR count). The van der Waals surface area contributed by atoms with E-state index in [1.807, 2.05) is 6.92 Å². The monoisotopic (exact) mass is 389 g/mol. The SMILES string of the molecule is CCOC(=O)C1(c2ccc(NS(=O)(=O)c3cc(C)ccc3OC)cc2)CC1. The number of nitrogens with one attached hydrogen (secondary N) is 1. The van der Waals surface area contributed by atoms with E-state index in [1.54, 1.807) is 49.4 Å². The van der Waals surface area contributed by atoms with Crippen LogP contribution in [0.25, 0.3) is 0 Å². The number of carbonyl (C=O) groups excluding carboxylic acids is 1. The van der Waals surface area contributed by atoms with Crippen molar-refractivity contribution in [3.05, 3.63) is 53.6 Å². The maximum Gasteiger partial charge on any atom is 0.316 e. The summed E-state index contributed by atoms with van der Waals surface area (Å²) in [6.45, 7) is 3.94. The number of esters is 1. The average Bonchev–Trinajstić information content (AvgIpc) is 3.44. The minimum absolute atomic E-state index is 0.0827. The second kappa shape index (κ2) is 7.23. The van der Waals surface area contributed by atoms with E-state index in [0.717, 1.165) is 24.0 Å². The van der Waals surface area contributed by atoms with Gasteiger partial charge in [0.2, 0.25) is 0 Å². The fourth-order valence-corrected chi connectivity index (χ4v) is 4.38. The first-order valence-corrected chi connectivity index (χ1v) is 10.3. The van der Waals surface area contributed by atoms with Crippen LogP contribution in [0.2, 0.25) is 0 Å². The number of methoxy groups -OCH3 is 1. The average molecular weight is 389 g/mol. The topological polar surface area (TPSA) is 81.7 Å². The van der Waals surface area contributed by atoms with Crippen LogP contribution >= 0.6 is 0 Å². The summed E-state index contributed by atoms with van der Waals surface area (Å²) >= 11 is 0. The Morgan fingerprint density at radius 1 is 1.15 bits per heavy atom. The van der Waals surface area contributed by atoms with Gasteiger partial charge in [0.15, 0.2) is 0 Å². The van der Waals surface area contributed by atoms with E-state index in [0.29, 0.717) is 12.3 Å². The third-order valence-corrected chi connectivity index (χ3v) is 6.12. The van der Waals surface area contributed by atoms with Crippen LogP contribution in [0, 0.1) is 6.92 Å². The molecule has 1 saturated carbocycles.